The van der Waals surface area contributed by atoms with Crippen LogP contribution in [0.2, 0.25) is 0 Å². The maximum absolute atomic E-state index is 12.9. The first-order valence-corrected chi connectivity index (χ1v) is 10.8. The molecule has 3 heterocycles. The summed E-state index contributed by atoms with van der Waals surface area (Å²) in [5, 5.41) is 0. The Balaban J connectivity index is 1.60. The van der Waals surface area contributed by atoms with Crippen molar-refractivity contribution in [3.05, 3.63) is 0 Å². The second-order valence-corrected chi connectivity index (χ2v) is 9.05. The minimum absolute atomic E-state index is 0.0114. The molecule has 0 aromatic rings. The van der Waals surface area contributed by atoms with E-state index in [9.17, 15) is 18.0 Å². The number of ether oxygens (including phenoxy) is 1. The molecule has 3 saturated heterocycles. The highest BCUT2D eigenvalue weighted by Crippen LogP contribution is 2.27. The van der Waals surface area contributed by atoms with Crippen molar-refractivity contribution >= 4 is 21.8 Å². The van der Waals surface area contributed by atoms with Gasteiger partial charge in [0.05, 0.1) is 19.5 Å². The number of morpholine rings is 1. The third-order valence-electron chi connectivity index (χ3n) is 5.42. The largest absolute Gasteiger partial charge is 0.378 e. The highest BCUT2D eigenvalue weighted by Gasteiger charge is 2.40. The van der Waals surface area contributed by atoms with Crippen LogP contribution in [0.25, 0.3) is 0 Å². The smallest absolute Gasteiger partial charge is 0.245 e. The molecule has 3 rings (SSSR count). The van der Waals surface area contributed by atoms with E-state index in [4.69, 9.17) is 4.74 Å². The SMILES string of the molecule is CS(=O)(=O)N1CCC(C(=O)N2CCC[C@H]2C(=O)N2CCOCC2)CC1. The molecule has 0 bridgehead atoms. The van der Waals surface area contributed by atoms with Crippen LogP contribution in [0.4, 0.5) is 0 Å². The van der Waals surface area contributed by atoms with Crippen molar-refractivity contribution in [1.29, 1.82) is 0 Å². The number of carbonyl (C=O) groups excluding carboxylic acids is 2. The van der Waals surface area contributed by atoms with Gasteiger partial charge in [-0.1, -0.05) is 0 Å². The van der Waals surface area contributed by atoms with Crippen molar-refractivity contribution in [1.82, 2.24) is 14.1 Å². The summed E-state index contributed by atoms with van der Waals surface area (Å²) in [6, 6.07) is -0.362. The van der Waals surface area contributed by atoms with Gasteiger partial charge in [-0.25, -0.2) is 12.7 Å². The minimum atomic E-state index is -3.20. The Morgan fingerprint density at radius 3 is 2.16 bits per heavy atom. The van der Waals surface area contributed by atoms with Gasteiger partial charge < -0.3 is 14.5 Å². The molecule has 0 saturated carbocycles. The second-order valence-electron chi connectivity index (χ2n) is 7.06. The van der Waals surface area contributed by atoms with Crippen LogP contribution in [0.15, 0.2) is 0 Å². The molecule has 25 heavy (non-hydrogen) atoms. The molecular weight excluding hydrogens is 346 g/mol. The lowest BCUT2D eigenvalue weighted by Crippen LogP contribution is -2.53. The molecular formula is C16H27N3O5S. The summed E-state index contributed by atoms with van der Waals surface area (Å²) < 4.78 is 29.9. The monoisotopic (exact) mass is 373 g/mol. The lowest BCUT2D eigenvalue weighted by Gasteiger charge is -2.36. The van der Waals surface area contributed by atoms with Crippen molar-refractivity contribution in [2.24, 2.45) is 5.92 Å². The zero-order valence-corrected chi connectivity index (χ0v) is 15.5. The normalized spacial score (nSPS) is 26.8. The predicted molar refractivity (Wildman–Crippen MR) is 91.3 cm³/mol. The summed E-state index contributed by atoms with van der Waals surface area (Å²) in [4.78, 5) is 29.2. The van der Waals surface area contributed by atoms with E-state index in [-0.39, 0.29) is 23.8 Å². The van der Waals surface area contributed by atoms with Gasteiger partial charge in [0.25, 0.3) is 0 Å². The molecule has 3 aliphatic heterocycles. The van der Waals surface area contributed by atoms with E-state index < -0.39 is 10.0 Å². The van der Waals surface area contributed by atoms with Crippen molar-refractivity contribution in [2.45, 2.75) is 31.7 Å². The average molecular weight is 373 g/mol. The summed E-state index contributed by atoms with van der Waals surface area (Å²) in [5.74, 6) is -0.143. The van der Waals surface area contributed by atoms with E-state index >= 15 is 0 Å². The summed E-state index contributed by atoms with van der Waals surface area (Å²) in [6.45, 7) is 3.66. The number of likely N-dealkylation sites (tertiary alicyclic amines) is 1. The first-order valence-electron chi connectivity index (χ1n) is 9.00. The Kier molecular flexibility index (Phi) is 5.65. The number of hydrogen-bond acceptors (Lipinski definition) is 5. The Morgan fingerprint density at radius 2 is 1.56 bits per heavy atom. The Bertz CT molecular complexity index is 609. The number of piperidine rings is 1. The molecule has 0 N–H and O–H groups in total. The molecule has 9 heteroatoms. The fraction of sp³-hybridized carbons (Fsp3) is 0.875. The molecule has 0 aromatic carbocycles. The fourth-order valence-electron chi connectivity index (χ4n) is 3.95. The first-order chi connectivity index (χ1) is 11.9. The van der Waals surface area contributed by atoms with E-state index in [1.54, 1.807) is 9.80 Å². The number of carbonyl (C=O) groups is 2. The van der Waals surface area contributed by atoms with Crippen LogP contribution in [0, 0.1) is 5.92 Å². The molecule has 2 amide bonds. The van der Waals surface area contributed by atoms with Gasteiger partial charge >= 0.3 is 0 Å². The molecule has 0 spiro atoms. The average Bonchev–Trinajstić information content (AvgIpc) is 3.10. The van der Waals surface area contributed by atoms with E-state index in [0.29, 0.717) is 65.2 Å². The van der Waals surface area contributed by atoms with Gasteiger partial charge in [-0.2, -0.15) is 0 Å². The van der Waals surface area contributed by atoms with Gasteiger partial charge in [0.15, 0.2) is 0 Å². The molecule has 0 radical (unpaired) electrons. The van der Waals surface area contributed by atoms with Crippen molar-refractivity contribution in [3.63, 3.8) is 0 Å². The molecule has 3 aliphatic rings. The van der Waals surface area contributed by atoms with Crippen LogP contribution in [0.3, 0.4) is 0 Å². The Hall–Kier alpha value is -1.19. The van der Waals surface area contributed by atoms with Gasteiger partial charge in [-0.3, -0.25) is 9.59 Å². The van der Waals surface area contributed by atoms with E-state index in [2.05, 4.69) is 0 Å². The highest BCUT2D eigenvalue weighted by atomic mass is 32.2. The molecule has 1 atom stereocenters. The molecule has 142 valence electrons. The quantitative estimate of drug-likeness (QED) is 0.666. The number of rotatable bonds is 3. The lowest BCUT2D eigenvalue weighted by molar-refractivity contribution is -0.148. The number of nitrogens with zero attached hydrogens (tertiary/aromatic N) is 3. The van der Waals surface area contributed by atoms with E-state index in [1.807, 2.05) is 0 Å². The van der Waals surface area contributed by atoms with Gasteiger partial charge in [-0.15, -0.1) is 0 Å². The van der Waals surface area contributed by atoms with Crippen LogP contribution >= 0.6 is 0 Å². The van der Waals surface area contributed by atoms with Gasteiger partial charge in [0.2, 0.25) is 21.8 Å². The number of sulfonamides is 1. The van der Waals surface area contributed by atoms with E-state index in [0.717, 1.165) is 6.42 Å². The van der Waals surface area contributed by atoms with Crippen molar-refractivity contribution < 1.29 is 22.7 Å². The Labute approximate surface area is 149 Å². The topological polar surface area (TPSA) is 87.2 Å². The second kappa shape index (κ2) is 7.59. The van der Waals surface area contributed by atoms with Crippen LogP contribution in [0.1, 0.15) is 25.7 Å². The molecule has 0 aromatic heterocycles. The molecule has 0 unspecified atom stereocenters. The Morgan fingerprint density at radius 1 is 0.920 bits per heavy atom. The van der Waals surface area contributed by atoms with Gasteiger partial charge in [0.1, 0.15) is 6.04 Å². The maximum atomic E-state index is 12.9. The molecule has 3 fully saturated rings. The van der Waals surface area contributed by atoms with Crippen LogP contribution in [0.5, 0.6) is 0 Å². The lowest BCUT2D eigenvalue weighted by atomic mass is 9.96. The zero-order chi connectivity index (χ0) is 18.0. The molecule has 8 nitrogen and oxygen atoms in total. The van der Waals surface area contributed by atoms with E-state index in [1.165, 1.54) is 10.6 Å². The van der Waals surface area contributed by atoms with Gasteiger partial charge in [0, 0.05) is 38.6 Å². The first kappa shape index (κ1) is 18.6. The third kappa shape index (κ3) is 4.15. The van der Waals surface area contributed by atoms with Crippen LogP contribution in [-0.2, 0) is 24.3 Å². The number of hydrogen-bond donors (Lipinski definition) is 0. The molecule has 0 aliphatic carbocycles. The minimum Gasteiger partial charge on any atom is -0.378 e. The standard InChI is InChI=1S/C16H27N3O5S/c1-25(22,23)18-7-4-13(5-8-18)15(20)19-6-2-3-14(19)16(21)17-9-11-24-12-10-17/h13-14H,2-12H2,1H3/t14-/m0/s1. The van der Waals surface area contributed by atoms with Crippen molar-refractivity contribution in [2.75, 3.05) is 52.2 Å². The van der Waals surface area contributed by atoms with Crippen LogP contribution < -0.4 is 0 Å². The fourth-order valence-corrected chi connectivity index (χ4v) is 4.82. The maximum Gasteiger partial charge on any atom is 0.245 e. The summed E-state index contributed by atoms with van der Waals surface area (Å²) >= 11 is 0. The highest BCUT2D eigenvalue weighted by molar-refractivity contribution is 7.88. The predicted octanol–water partition coefficient (Wildman–Crippen LogP) is -0.492. The van der Waals surface area contributed by atoms with Gasteiger partial charge in [-0.05, 0) is 25.7 Å². The zero-order valence-electron chi connectivity index (χ0n) is 14.7. The summed E-state index contributed by atoms with van der Waals surface area (Å²) in [5.41, 5.74) is 0. The number of amides is 2. The van der Waals surface area contributed by atoms with Crippen LogP contribution in [-0.4, -0.2) is 92.6 Å². The summed E-state index contributed by atoms with van der Waals surface area (Å²) in [7, 11) is -3.20. The third-order valence-corrected chi connectivity index (χ3v) is 6.72. The summed E-state index contributed by atoms with van der Waals surface area (Å²) in [6.07, 6.45) is 3.81. The van der Waals surface area contributed by atoms with Crippen molar-refractivity contribution in [3.8, 4) is 0 Å².